The number of amides is 1. The molecule has 3 heterocycles. The molecule has 1 aliphatic rings. The first-order valence-corrected chi connectivity index (χ1v) is 9.29. The van der Waals surface area contributed by atoms with E-state index in [-0.39, 0.29) is 12.0 Å². The topological polar surface area (TPSA) is 99.6 Å². The number of para-hydroxylation sites is 2. The van der Waals surface area contributed by atoms with Crippen LogP contribution < -0.4 is 14.8 Å². The Morgan fingerprint density at radius 2 is 2.07 bits per heavy atom. The van der Waals surface area contributed by atoms with E-state index in [1.807, 2.05) is 24.3 Å². The van der Waals surface area contributed by atoms with Crippen LogP contribution in [0.15, 0.2) is 51.6 Å². The minimum atomic E-state index is -0.0615. The number of aromatic nitrogens is 2. The molecule has 1 amide bonds. The number of fused-ring (bicyclic) bond motifs is 1. The molecule has 1 aromatic carbocycles. The lowest BCUT2D eigenvalue weighted by atomic mass is 10.2. The van der Waals surface area contributed by atoms with Crippen molar-refractivity contribution >= 4 is 5.91 Å². The molecule has 28 heavy (non-hydrogen) atoms. The molecule has 8 nitrogen and oxygen atoms in total. The molecular weight excluding hydrogens is 362 g/mol. The predicted octanol–water partition coefficient (Wildman–Crippen LogP) is 3.00. The van der Waals surface area contributed by atoms with Crippen molar-refractivity contribution in [2.24, 2.45) is 0 Å². The fourth-order valence-electron chi connectivity index (χ4n) is 2.93. The molecular formula is C20H21N3O5. The number of ether oxygens (including phenoxy) is 2. The van der Waals surface area contributed by atoms with Crippen LogP contribution in [0, 0.1) is 0 Å². The molecule has 1 aliphatic heterocycles. The number of carbonyl (C=O) groups is 1. The van der Waals surface area contributed by atoms with Crippen LogP contribution in [0.3, 0.4) is 0 Å². The first-order valence-electron chi connectivity index (χ1n) is 9.29. The molecule has 0 bridgehead atoms. The quantitative estimate of drug-likeness (QED) is 0.638. The van der Waals surface area contributed by atoms with Crippen LogP contribution in [0.1, 0.15) is 25.2 Å². The van der Waals surface area contributed by atoms with Gasteiger partial charge in [-0.3, -0.25) is 4.79 Å². The summed E-state index contributed by atoms with van der Waals surface area (Å²) in [6.45, 7) is 1.03. The smallest absolute Gasteiger partial charge is 0.238 e. The summed E-state index contributed by atoms with van der Waals surface area (Å²) in [5.41, 5.74) is 0. The van der Waals surface area contributed by atoms with Gasteiger partial charge in [0.15, 0.2) is 17.3 Å². The summed E-state index contributed by atoms with van der Waals surface area (Å²) in [4.78, 5) is 16.3. The van der Waals surface area contributed by atoms with Gasteiger partial charge >= 0.3 is 0 Å². The van der Waals surface area contributed by atoms with Crippen LogP contribution in [0.25, 0.3) is 11.6 Å². The number of furan rings is 1. The Morgan fingerprint density at radius 1 is 1.18 bits per heavy atom. The number of hydrogen-bond donors (Lipinski definition) is 1. The van der Waals surface area contributed by atoms with E-state index in [4.69, 9.17) is 18.4 Å². The van der Waals surface area contributed by atoms with Gasteiger partial charge < -0.3 is 23.7 Å². The number of nitrogens with one attached hydrogen (secondary N) is 1. The number of nitrogens with zero attached hydrogens (tertiary/aromatic N) is 2. The minimum absolute atomic E-state index is 0.0112. The van der Waals surface area contributed by atoms with E-state index in [0.29, 0.717) is 56.3 Å². The fourth-order valence-corrected chi connectivity index (χ4v) is 2.93. The maximum atomic E-state index is 12.0. The molecule has 0 saturated heterocycles. The van der Waals surface area contributed by atoms with Crippen LogP contribution in [-0.4, -0.2) is 35.3 Å². The monoisotopic (exact) mass is 383 g/mol. The van der Waals surface area contributed by atoms with E-state index in [2.05, 4.69) is 15.5 Å². The average Bonchev–Trinajstić information content (AvgIpc) is 3.40. The van der Waals surface area contributed by atoms with E-state index in [1.54, 1.807) is 18.4 Å². The van der Waals surface area contributed by atoms with Crippen molar-refractivity contribution in [3.8, 4) is 23.1 Å². The lowest BCUT2D eigenvalue weighted by molar-refractivity contribution is -0.121. The van der Waals surface area contributed by atoms with E-state index in [0.717, 1.165) is 11.5 Å². The normalized spacial score (nSPS) is 15.4. The number of aryl methyl sites for hydroxylation is 1. The summed E-state index contributed by atoms with van der Waals surface area (Å²) >= 11 is 0. The van der Waals surface area contributed by atoms with E-state index in [1.165, 1.54) is 0 Å². The highest BCUT2D eigenvalue weighted by molar-refractivity contribution is 5.75. The van der Waals surface area contributed by atoms with Gasteiger partial charge in [0.05, 0.1) is 6.26 Å². The maximum Gasteiger partial charge on any atom is 0.238 e. The van der Waals surface area contributed by atoms with Crippen LogP contribution >= 0.6 is 0 Å². The first kappa shape index (κ1) is 18.1. The zero-order valence-electron chi connectivity index (χ0n) is 15.3. The molecule has 1 atom stereocenters. The molecule has 146 valence electrons. The lowest BCUT2D eigenvalue weighted by Crippen LogP contribution is -2.34. The standard InChI is InChI=1S/C20H21N3O5/c24-18(8-3-9-19-22-20(23-28-19)17-7-4-12-25-17)21-11-10-14-13-26-15-5-1-2-6-16(15)27-14/h1-2,4-7,12,14H,3,8-11,13H2,(H,21,24)/t14-/m0/s1. The molecule has 3 aromatic rings. The third kappa shape index (κ3) is 4.51. The summed E-state index contributed by atoms with van der Waals surface area (Å²) in [6.07, 6.45) is 3.74. The summed E-state index contributed by atoms with van der Waals surface area (Å²) in [6, 6.07) is 11.1. The Labute approximate surface area is 161 Å². The van der Waals surface area contributed by atoms with Gasteiger partial charge in [-0.15, -0.1) is 0 Å². The molecule has 2 aromatic heterocycles. The molecule has 4 rings (SSSR count). The summed E-state index contributed by atoms with van der Waals surface area (Å²) in [5.74, 6) is 2.97. The van der Waals surface area contributed by atoms with Crippen LogP contribution in [-0.2, 0) is 11.2 Å². The second-order valence-corrected chi connectivity index (χ2v) is 6.48. The van der Waals surface area contributed by atoms with Crippen LogP contribution in [0.2, 0.25) is 0 Å². The second kappa shape index (κ2) is 8.60. The summed E-state index contributed by atoms with van der Waals surface area (Å²) in [7, 11) is 0. The average molecular weight is 383 g/mol. The van der Waals surface area contributed by atoms with E-state index in [9.17, 15) is 4.79 Å². The second-order valence-electron chi connectivity index (χ2n) is 6.48. The Kier molecular flexibility index (Phi) is 5.56. The van der Waals surface area contributed by atoms with Gasteiger partial charge in [0.25, 0.3) is 0 Å². The zero-order valence-corrected chi connectivity index (χ0v) is 15.3. The highest BCUT2D eigenvalue weighted by atomic mass is 16.6. The van der Waals surface area contributed by atoms with Crippen molar-refractivity contribution in [1.29, 1.82) is 0 Å². The number of rotatable bonds is 8. The zero-order chi connectivity index (χ0) is 19.2. The predicted molar refractivity (Wildman–Crippen MR) is 98.9 cm³/mol. The number of carbonyl (C=O) groups excluding carboxylic acids is 1. The van der Waals surface area contributed by atoms with Gasteiger partial charge in [0.2, 0.25) is 17.6 Å². The number of hydrogen-bond acceptors (Lipinski definition) is 7. The Bertz CT molecular complexity index is 906. The molecule has 0 saturated carbocycles. The van der Waals surface area contributed by atoms with Gasteiger partial charge in [-0.1, -0.05) is 17.3 Å². The van der Waals surface area contributed by atoms with Gasteiger partial charge in [-0.25, -0.2) is 0 Å². The molecule has 8 heteroatoms. The van der Waals surface area contributed by atoms with Crippen molar-refractivity contribution in [1.82, 2.24) is 15.5 Å². The van der Waals surface area contributed by atoms with Crippen molar-refractivity contribution in [3.63, 3.8) is 0 Å². The Balaban J connectivity index is 1.13. The summed E-state index contributed by atoms with van der Waals surface area (Å²) < 4.78 is 21.9. The molecule has 1 N–H and O–H groups in total. The van der Waals surface area contributed by atoms with E-state index >= 15 is 0 Å². The minimum Gasteiger partial charge on any atom is -0.486 e. The van der Waals surface area contributed by atoms with Crippen LogP contribution in [0.5, 0.6) is 11.5 Å². The van der Waals surface area contributed by atoms with Crippen molar-refractivity contribution in [2.45, 2.75) is 31.8 Å². The van der Waals surface area contributed by atoms with Crippen molar-refractivity contribution < 1.29 is 23.2 Å². The Morgan fingerprint density at radius 3 is 2.93 bits per heavy atom. The highest BCUT2D eigenvalue weighted by Gasteiger charge is 2.20. The lowest BCUT2D eigenvalue weighted by Gasteiger charge is -2.26. The van der Waals surface area contributed by atoms with Gasteiger partial charge in [0, 0.05) is 25.8 Å². The molecule has 0 unspecified atom stereocenters. The van der Waals surface area contributed by atoms with Crippen LogP contribution in [0.4, 0.5) is 0 Å². The van der Waals surface area contributed by atoms with Crippen molar-refractivity contribution in [3.05, 3.63) is 48.6 Å². The maximum absolute atomic E-state index is 12.0. The highest BCUT2D eigenvalue weighted by Crippen LogP contribution is 2.31. The summed E-state index contributed by atoms with van der Waals surface area (Å²) in [5, 5.41) is 6.78. The Hall–Kier alpha value is -3.29. The third-order valence-electron chi connectivity index (χ3n) is 4.36. The van der Waals surface area contributed by atoms with Crippen molar-refractivity contribution in [2.75, 3.05) is 13.2 Å². The molecule has 0 aliphatic carbocycles. The van der Waals surface area contributed by atoms with Gasteiger partial charge in [-0.05, 0) is 30.7 Å². The number of benzene rings is 1. The molecule has 0 radical (unpaired) electrons. The van der Waals surface area contributed by atoms with Gasteiger partial charge in [0.1, 0.15) is 12.7 Å². The fraction of sp³-hybridized carbons (Fsp3) is 0.350. The SMILES string of the molecule is O=C(CCCc1nc(-c2ccco2)no1)NCC[C@H]1COc2ccccc2O1. The largest absolute Gasteiger partial charge is 0.486 e. The molecule has 0 fully saturated rings. The third-order valence-corrected chi connectivity index (χ3v) is 4.36. The first-order chi connectivity index (χ1) is 13.8. The molecule has 0 spiro atoms. The van der Waals surface area contributed by atoms with E-state index < -0.39 is 0 Å². The van der Waals surface area contributed by atoms with Gasteiger partial charge in [-0.2, -0.15) is 4.98 Å².